The van der Waals surface area contributed by atoms with Crippen LogP contribution < -0.4 is 15.1 Å². The fourth-order valence-electron chi connectivity index (χ4n) is 6.67. The van der Waals surface area contributed by atoms with Gasteiger partial charge in [0.15, 0.2) is 5.69 Å². The van der Waals surface area contributed by atoms with Gasteiger partial charge in [0, 0.05) is 50.1 Å². The molecule has 0 aromatic heterocycles. The molecule has 0 aliphatic carbocycles. The Kier molecular flexibility index (Phi) is 7.07. The van der Waals surface area contributed by atoms with Crippen LogP contribution in [0.4, 0.5) is 21.5 Å². The Hall–Kier alpha value is -5.07. The number of amides is 3. The molecule has 44 heavy (non-hydrogen) atoms. The van der Waals surface area contributed by atoms with Crippen LogP contribution in [0.5, 0.6) is 0 Å². The van der Waals surface area contributed by atoms with E-state index in [2.05, 4.69) is 39.3 Å². The first-order chi connectivity index (χ1) is 21.4. The van der Waals surface area contributed by atoms with Gasteiger partial charge in [-0.3, -0.25) is 29.5 Å². The SMILES string of the molecule is [C-]#[N+]c1ccc(N2CCN(Cc3ccc(Cc4ccc5c6c(cccc46)C(=O)N5[C@@H]4CCC(=O)NC4=O)cc3)CC2)c(F)c1. The summed E-state index contributed by atoms with van der Waals surface area (Å²) in [5, 5.41) is 4.23. The summed E-state index contributed by atoms with van der Waals surface area (Å²) in [5.74, 6) is -1.28. The Morgan fingerprint density at radius 2 is 1.64 bits per heavy atom. The highest BCUT2D eigenvalue weighted by molar-refractivity contribution is 6.27. The molecule has 3 aliphatic rings. The van der Waals surface area contributed by atoms with Gasteiger partial charge in [0.25, 0.3) is 5.91 Å². The van der Waals surface area contributed by atoms with Gasteiger partial charge in [-0.1, -0.05) is 48.5 Å². The Balaban J connectivity index is 1.03. The normalized spacial score (nSPS) is 18.5. The van der Waals surface area contributed by atoms with Crippen molar-refractivity contribution >= 4 is 45.6 Å². The van der Waals surface area contributed by atoms with Crippen LogP contribution in [-0.2, 0) is 22.6 Å². The molecule has 0 spiro atoms. The van der Waals surface area contributed by atoms with Gasteiger partial charge in [0.05, 0.1) is 17.9 Å². The molecule has 0 saturated carbocycles. The maximum Gasteiger partial charge on any atom is 0.259 e. The number of piperazine rings is 1. The number of nitrogens with zero attached hydrogens (tertiary/aromatic N) is 4. The van der Waals surface area contributed by atoms with E-state index in [4.69, 9.17) is 6.57 Å². The van der Waals surface area contributed by atoms with Crippen LogP contribution in [0, 0.1) is 12.4 Å². The summed E-state index contributed by atoms with van der Waals surface area (Å²) < 4.78 is 14.5. The van der Waals surface area contributed by atoms with Gasteiger partial charge in [-0.05, 0) is 59.2 Å². The monoisotopic (exact) mass is 587 g/mol. The van der Waals surface area contributed by atoms with Crippen molar-refractivity contribution in [2.45, 2.75) is 31.8 Å². The molecule has 0 unspecified atom stereocenters. The first-order valence-electron chi connectivity index (χ1n) is 14.8. The standard InChI is InChI=1S/C35H30FN5O3/c1-37-25-10-12-29(28(36)20-25)40-17-15-39(16-18-40)21-23-7-5-22(6-8-23)19-24-9-11-30-33-26(24)3-2-4-27(33)35(44)41(30)31-13-14-32(42)38-34(31)43/h2-12,20,31H,13-19,21H2,(H,38,42,43)/t31-/m1/s1. The predicted molar refractivity (Wildman–Crippen MR) is 166 cm³/mol. The van der Waals surface area contributed by atoms with Crippen LogP contribution in [0.1, 0.15) is 39.9 Å². The second-order valence-electron chi connectivity index (χ2n) is 11.6. The van der Waals surface area contributed by atoms with Crippen molar-refractivity contribution in [3.63, 3.8) is 0 Å². The molecule has 1 atom stereocenters. The number of carbonyl (C=O) groups is 3. The van der Waals surface area contributed by atoms with Gasteiger partial charge in [-0.2, -0.15) is 0 Å². The lowest BCUT2D eigenvalue weighted by molar-refractivity contribution is -0.134. The minimum Gasteiger partial charge on any atom is -0.367 e. The molecule has 9 heteroatoms. The molecule has 3 aliphatic heterocycles. The van der Waals surface area contributed by atoms with Crippen molar-refractivity contribution in [2.75, 3.05) is 36.0 Å². The highest BCUT2D eigenvalue weighted by atomic mass is 19.1. The molecule has 220 valence electrons. The van der Waals surface area contributed by atoms with Crippen molar-refractivity contribution in [1.82, 2.24) is 10.2 Å². The van der Waals surface area contributed by atoms with Crippen LogP contribution in [0.15, 0.2) is 72.8 Å². The fraction of sp³-hybridized carbons (Fsp3) is 0.257. The Bertz CT molecular complexity index is 1860. The number of nitrogens with one attached hydrogen (secondary N) is 1. The van der Waals surface area contributed by atoms with E-state index < -0.39 is 11.9 Å². The third-order valence-corrected chi connectivity index (χ3v) is 8.94. The van der Waals surface area contributed by atoms with E-state index in [9.17, 15) is 18.8 Å². The summed E-state index contributed by atoms with van der Waals surface area (Å²) in [6.45, 7) is 11.0. The Morgan fingerprint density at radius 3 is 2.36 bits per heavy atom. The van der Waals surface area contributed by atoms with E-state index in [1.165, 1.54) is 11.6 Å². The highest BCUT2D eigenvalue weighted by Crippen LogP contribution is 2.41. The number of benzene rings is 4. The number of imide groups is 1. The molecule has 3 amide bonds. The third kappa shape index (κ3) is 4.97. The van der Waals surface area contributed by atoms with E-state index in [0.29, 0.717) is 29.8 Å². The molecule has 0 radical (unpaired) electrons. The zero-order chi connectivity index (χ0) is 30.4. The van der Waals surface area contributed by atoms with E-state index in [1.54, 1.807) is 23.1 Å². The molecule has 4 aromatic carbocycles. The average molecular weight is 588 g/mol. The second kappa shape index (κ2) is 11.2. The Labute approximate surface area is 254 Å². The van der Waals surface area contributed by atoms with E-state index in [0.717, 1.165) is 60.3 Å². The lowest BCUT2D eigenvalue weighted by Gasteiger charge is -2.36. The fourth-order valence-corrected chi connectivity index (χ4v) is 6.67. The van der Waals surface area contributed by atoms with Crippen LogP contribution in [0.25, 0.3) is 15.6 Å². The molecule has 2 saturated heterocycles. The number of piperidine rings is 1. The molecular formula is C35H30FN5O3. The third-order valence-electron chi connectivity index (χ3n) is 8.94. The van der Waals surface area contributed by atoms with Crippen molar-refractivity contribution in [3.05, 3.63) is 112 Å². The number of hydrogen-bond donors (Lipinski definition) is 1. The first kappa shape index (κ1) is 27.7. The maximum absolute atomic E-state index is 14.5. The molecule has 4 aromatic rings. The summed E-state index contributed by atoms with van der Waals surface area (Å²) in [7, 11) is 0. The van der Waals surface area contributed by atoms with Crippen molar-refractivity contribution in [1.29, 1.82) is 0 Å². The van der Waals surface area contributed by atoms with Gasteiger partial charge in [-0.15, -0.1) is 0 Å². The lowest BCUT2D eigenvalue weighted by Crippen LogP contribution is -2.53. The second-order valence-corrected chi connectivity index (χ2v) is 11.6. The molecule has 2 fully saturated rings. The highest BCUT2D eigenvalue weighted by Gasteiger charge is 2.40. The molecule has 0 bridgehead atoms. The number of anilines is 2. The van der Waals surface area contributed by atoms with Crippen LogP contribution >= 0.6 is 0 Å². The topological polar surface area (TPSA) is 77.3 Å². The van der Waals surface area contributed by atoms with E-state index >= 15 is 0 Å². The number of carbonyl (C=O) groups excluding carboxylic acids is 3. The molecule has 7 rings (SSSR count). The minimum absolute atomic E-state index is 0.203. The summed E-state index contributed by atoms with van der Waals surface area (Å²) in [5.41, 5.74) is 5.64. The number of halogens is 1. The predicted octanol–water partition coefficient (Wildman–Crippen LogP) is 5.21. The number of hydrogen-bond acceptors (Lipinski definition) is 5. The Morgan fingerprint density at radius 1 is 0.886 bits per heavy atom. The van der Waals surface area contributed by atoms with Crippen molar-refractivity contribution in [2.24, 2.45) is 0 Å². The quantitative estimate of drug-likeness (QED) is 0.248. The summed E-state index contributed by atoms with van der Waals surface area (Å²) in [6, 6.07) is 22.2. The van der Waals surface area contributed by atoms with Gasteiger partial charge in [-0.25, -0.2) is 9.24 Å². The lowest BCUT2D eigenvalue weighted by atomic mass is 9.95. The van der Waals surface area contributed by atoms with Gasteiger partial charge in [0.1, 0.15) is 11.9 Å². The smallest absolute Gasteiger partial charge is 0.259 e. The summed E-state index contributed by atoms with van der Waals surface area (Å²) >= 11 is 0. The largest absolute Gasteiger partial charge is 0.367 e. The van der Waals surface area contributed by atoms with Gasteiger partial charge >= 0.3 is 0 Å². The van der Waals surface area contributed by atoms with Gasteiger partial charge < -0.3 is 4.90 Å². The van der Waals surface area contributed by atoms with Crippen LogP contribution in [-0.4, -0.2) is 54.8 Å². The summed E-state index contributed by atoms with van der Waals surface area (Å²) in [4.78, 5) is 47.0. The van der Waals surface area contributed by atoms with Crippen molar-refractivity contribution in [3.8, 4) is 0 Å². The first-order valence-corrected chi connectivity index (χ1v) is 14.8. The zero-order valence-electron chi connectivity index (χ0n) is 24.1. The van der Waals surface area contributed by atoms with Crippen LogP contribution in [0.2, 0.25) is 0 Å². The van der Waals surface area contributed by atoms with E-state index in [-0.39, 0.29) is 24.1 Å². The summed E-state index contributed by atoms with van der Waals surface area (Å²) in [6.07, 6.45) is 1.22. The number of rotatable bonds is 6. The molecule has 8 nitrogen and oxygen atoms in total. The van der Waals surface area contributed by atoms with E-state index in [1.807, 2.05) is 29.2 Å². The molecule has 1 N–H and O–H groups in total. The van der Waals surface area contributed by atoms with Gasteiger partial charge in [0.2, 0.25) is 11.8 Å². The van der Waals surface area contributed by atoms with Crippen molar-refractivity contribution < 1.29 is 18.8 Å². The average Bonchev–Trinajstić information content (AvgIpc) is 3.32. The zero-order valence-corrected chi connectivity index (χ0v) is 24.1. The molecule has 3 heterocycles. The van der Waals surface area contributed by atoms with Crippen LogP contribution in [0.3, 0.4) is 0 Å². The molecular weight excluding hydrogens is 557 g/mol. The maximum atomic E-state index is 14.5. The minimum atomic E-state index is -0.699.